The summed E-state index contributed by atoms with van der Waals surface area (Å²) in [5.41, 5.74) is 6.79. The number of halogens is 1. The number of nitrogens with zero attached hydrogens (tertiary/aromatic N) is 2. The SMILES string of the molecule is COc1cccc(C(=O)N2CCN(C(=O)c3ccc(Cl)cc3)C2C(=O)NC2CCC(N)CC2)c1. The van der Waals surface area contributed by atoms with Crippen LogP contribution in [0.4, 0.5) is 0 Å². The molecule has 0 radical (unpaired) electrons. The molecule has 8 nitrogen and oxygen atoms in total. The van der Waals surface area contributed by atoms with Gasteiger partial charge in [-0.15, -0.1) is 0 Å². The number of carbonyl (C=O) groups excluding carboxylic acids is 3. The smallest absolute Gasteiger partial charge is 0.264 e. The zero-order valence-electron chi connectivity index (χ0n) is 19.1. The molecule has 2 fully saturated rings. The summed E-state index contributed by atoms with van der Waals surface area (Å²) in [6.45, 7) is 0.480. The third kappa shape index (κ3) is 5.18. The van der Waals surface area contributed by atoms with Crippen molar-refractivity contribution in [2.45, 2.75) is 43.9 Å². The number of ether oxygens (including phenoxy) is 1. The number of hydrogen-bond donors (Lipinski definition) is 2. The van der Waals surface area contributed by atoms with E-state index in [4.69, 9.17) is 22.1 Å². The zero-order valence-corrected chi connectivity index (χ0v) is 19.8. The lowest BCUT2D eigenvalue weighted by Gasteiger charge is -2.33. The lowest BCUT2D eigenvalue weighted by atomic mass is 9.92. The Balaban J connectivity index is 1.60. The highest BCUT2D eigenvalue weighted by atomic mass is 35.5. The van der Waals surface area contributed by atoms with Gasteiger partial charge in [0.05, 0.1) is 7.11 Å². The topological polar surface area (TPSA) is 105 Å². The minimum Gasteiger partial charge on any atom is -0.497 e. The average molecular weight is 485 g/mol. The monoisotopic (exact) mass is 484 g/mol. The van der Waals surface area contributed by atoms with Crippen molar-refractivity contribution in [2.24, 2.45) is 5.73 Å². The van der Waals surface area contributed by atoms with Crippen molar-refractivity contribution in [1.29, 1.82) is 0 Å². The maximum atomic E-state index is 13.5. The van der Waals surface area contributed by atoms with Crippen LogP contribution in [0.1, 0.15) is 46.4 Å². The second-order valence-corrected chi connectivity index (χ2v) is 9.17. The van der Waals surface area contributed by atoms with Gasteiger partial charge in [-0.2, -0.15) is 0 Å². The maximum Gasteiger partial charge on any atom is 0.264 e. The molecule has 0 aromatic heterocycles. The van der Waals surface area contributed by atoms with Crippen LogP contribution in [-0.4, -0.2) is 66.0 Å². The summed E-state index contributed by atoms with van der Waals surface area (Å²) in [4.78, 5) is 43.2. The lowest BCUT2D eigenvalue weighted by molar-refractivity contribution is -0.129. The molecule has 180 valence electrons. The Labute approximate surface area is 204 Å². The number of benzene rings is 2. The van der Waals surface area contributed by atoms with Crippen LogP contribution in [0.25, 0.3) is 0 Å². The second kappa shape index (κ2) is 10.4. The van der Waals surface area contributed by atoms with E-state index in [9.17, 15) is 14.4 Å². The van der Waals surface area contributed by atoms with E-state index < -0.39 is 6.17 Å². The van der Waals surface area contributed by atoms with Crippen molar-refractivity contribution >= 4 is 29.3 Å². The van der Waals surface area contributed by atoms with Crippen molar-refractivity contribution < 1.29 is 19.1 Å². The first-order valence-corrected chi connectivity index (χ1v) is 11.8. The Morgan fingerprint density at radius 3 is 2.18 bits per heavy atom. The van der Waals surface area contributed by atoms with Crippen molar-refractivity contribution in [3.8, 4) is 5.75 Å². The van der Waals surface area contributed by atoms with Gasteiger partial charge >= 0.3 is 0 Å². The first-order chi connectivity index (χ1) is 16.4. The Hall–Kier alpha value is -3.10. The second-order valence-electron chi connectivity index (χ2n) is 8.73. The molecule has 3 amide bonds. The number of methoxy groups -OCH3 is 1. The summed E-state index contributed by atoms with van der Waals surface area (Å²) in [5, 5.41) is 3.57. The quantitative estimate of drug-likeness (QED) is 0.678. The average Bonchev–Trinajstić information content (AvgIpc) is 3.30. The fourth-order valence-electron chi connectivity index (χ4n) is 4.56. The van der Waals surface area contributed by atoms with Gasteiger partial charge in [-0.3, -0.25) is 14.4 Å². The van der Waals surface area contributed by atoms with E-state index in [2.05, 4.69) is 5.32 Å². The maximum absolute atomic E-state index is 13.5. The van der Waals surface area contributed by atoms with Gasteiger partial charge in [-0.05, 0) is 68.1 Å². The Morgan fingerprint density at radius 2 is 1.56 bits per heavy atom. The third-order valence-electron chi connectivity index (χ3n) is 6.45. The first-order valence-electron chi connectivity index (χ1n) is 11.4. The molecule has 1 unspecified atom stereocenters. The molecule has 4 rings (SSSR count). The Kier molecular flexibility index (Phi) is 7.38. The highest BCUT2D eigenvalue weighted by Gasteiger charge is 2.43. The number of hydrogen-bond acceptors (Lipinski definition) is 5. The number of nitrogens with two attached hydrogens (primary N) is 1. The Bertz CT molecular complexity index is 1050. The van der Waals surface area contributed by atoms with E-state index in [-0.39, 0.29) is 42.9 Å². The molecular formula is C25H29ClN4O4. The van der Waals surface area contributed by atoms with Gasteiger partial charge in [0.25, 0.3) is 17.7 Å². The number of rotatable bonds is 5. The molecule has 1 atom stereocenters. The van der Waals surface area contributed by atoms with Crippen LogP contribution in [0.3, 0.4) is 0 Å². The summed E-state index contributed by atoms with van der Waals surface area (Å²) < 4.78 is 5.24. The largest absolute Gasteiger partial charge is 0.497 e. The summed E-state index contributed by atoms with van der Waals surface area (Å²) in [6, 6.07) is 13.4. The van der Waals surface area contributed by atoms with Crippen molar-refractivity contribution in [2.75, 3.05) is 20.2 Å². The molecule has 1 aliphatic heterocycles. The molecule has 0 spiro atoms. The molecule has 2 aliphatic rings. The molecule has 3 N–H and O–H groups in total. The summed E-state index contributed by atoms with van der Waals surface area (Å²) in [5.74, 6) is -0.491. The van der Waals surface area contributed by atoms with Crippen LogP contribution in [0.2, 0.25) is 5.02 Å². The van der Waals surface area contributed by atoms with E-state index in [1.807, 2.05) is 0 Å². The summed E-state index contributed by atoms with van der Waals surface area (Å²) in [7, 11) is 1.53. The summed E-state index contributed by atoms with van der Waals surface area (Å²) in [6.07, 6.45) is 2.14. The summed E-state index contributed by atoms with van der Waals surface area (Å²) >= 11 is 5.97. The fraction of sp³-hybridized carbons (Fsp3) is 0.400. The normalized spacial score (nSPS) is 22.4. The third-order valence-corrected chi connectivity index (χ3v) is 6.71. The van der Waals surface area contributed by atoms with Gasteiger partial charge in [-0.25, -0.2) is 0 Å². The molecule has 34 heavy (non-hydrogen) atoms. The Morgan fingerprint density at radius 1 is 0.941 bits per heavy atom. The van der Waals surface area contributed by atoms with Crippen LogP contribution in [0.15, 0.2) is 48.5 Å². The lowest BCUT2D eigenvalue weighted by Crippen LogP contribution is -2.56. The zero-order chi connectivity index (χ0) is 24.2. The number of nitrogens with one attached hydrogen (secondary N) is 1. The van der Waals surface area contributed by atoms with Crippen molar-refractivity contribution in [1.82, 2.24) is 15.1 Å². The van der Waals surface area contributed by atoms with Gasteiger partial charge in [0.15, 0.2) is 6.17 Å². The van der Waals surface area contributed by atoms with E-state index in [1.54, 1.807) is 48.5 Å². The molecule has 2 aromatic rings. The molecule has 1 heterocycles. The highest BCUT2D eigenvalue weighted by molar-refractivity contribution is 6.30. The first kappa shape index (κ1) is 24.0. The van der Waals surface area contributed by atoms with Crippen LogP contribution < -0.4 is 15.8 Å². The van der Waals surface area contributed by atoms with Crippen LogP contribution >= 0.6 is 11.6 Å². The number of amides is 3. The standard InChI is InChI=1S/C25H29ClN4O4/c1-34-21-4-2-3-17(15-21)25(33)30-14-13-29(24(32)16-5-7-18(26)8-6-16)23(30)22(31)28-20-11-9-19(27)10-12-20/h2-8,15,19-20,23H,9-14,27H2,1H3,(H,28,31). The van der Waals surface area contributed by atoms with Crippen molar-refractivity contribution in [3.05, 3.63) is 64.7 Å². The van der Waals surface area contributed by atoms with E-state index in [0.29, 0.717) is 21.9 Å². The molecule has 1 aliphatic carbocycles. The van der Waals surface area contributed by atoms with E-state index in [1.165, 1.54) is 16.9 Å². The van der Waals surface area contributed by atoms with Gasteiger partial charge in [-0.1, -0.05) is 17.7 Å². The minimum atomic E-state index is -1.06. The number of carbonyl (C=O) groups is 3. The minimum absolute atomic E-state index is 0.0332. The molecular weight excluding hydrogens is 456 g/mol. The van der Waals surface area contributed by atoms with E-state index in [0.717, 1.165) is 25.7 Å². The van der Waals surface area contributed by atoms with Gasteiger partial charge in [0, 0.05) is 41.3 Å². The van der Waals surface area contributed by atoms with Crippen molar-refractivity contribution in [3.63, 3.8) is 0 Å². The molecule has 0 bridgehead atoms. The predicted octanol–water partition coefficient (Wildman–Crippen LogP) is 2.66. The highest BCUT2D eigenvalue weighted by Crippen LogP contribution is 2.24. The molecule has 1 saturated carbocycles. The van der Waals surface area contributed by atoms with E-state index >= 15 is 0 Å². The van der Waals surface area contributed by atoms with Crippen LogP contribution in [0.5, 0.6) is 5.75 Å². The van der Waals surface area contributed by atoms with Gasteiger partial charge in [0.1, 0.15) is 5.75 Å². The van der Waals surface area contributed by atoms with Gasteiger partial charge < -0.3 is 25.6 Å². The van der Waals surface area contributed by atoms with Crippen LogP contribution in [-0.2, 0) is 4.79 Å². The van der Waals surface area contributed by atoms with Crippen LogP contribution in [0, 0.1) is 0 Å². The van der Waals surface area contributed by atoms with Gasteiger partial charge in [0.2, 0.25) is 0 Å². The molecule has 1 saturated heterocycles. The molecule has 2 aromatic carbocycles. The predicted molar refractivity (Wildman–Crippen MR) is 129 cm³/mol. The molecule has 9 heteroatoms. The fourth-order valence-corrected chi connectivity index (χ4v) is 4.68.